The van der Waals surface area contributed by atoms with E-state index in [1.165, 1.54) is 12.1 Å². The molecule has 1 amide bonds. The second kappa shape index (κ2) is 8.06. The molecule has 0 bridgehead atoms. The number of carbonyl (C=O) groups excluding carboxylic acids is 1. The van der Waals surface area contributed by atoms with Gasteiger partial charge in [0.15, 0.2) is 0 Å². The van der Waals surface area contributed by atoms with Crippen LogP contribution in [0.5, 0.6) is 5.75 Å². The van der Waals surface area contributed by atoms with Crippen molar-refractivity contribution in [1.82, 2.24) is 15.8 Å². The average Bonchev–Trinajstić information content (AvgIpc) is 3.20. The van der Waals surface area contributed by atoms with E-state index in [2.05, 4.69) is 10.9 Å². The second-order valence-electron chi connectivity index (χ2n) is 7.14. The van der Waals surface area contributed by atoms with Crippen LogP contribution in [0.15, 0.2) is 54.6 Å². The van der Waals surface area contributed by atoms with E-state index in [1.807, 2.05) is 35.2 Å². The van der Waals surface area contributed by atoms with Crippen molar-refractivity contribution in [2.45, 2.75) is 37.5 Å². The Labute approximate surface area is 158 Å². The van der Waals surface area contributed by atoms with Crippen molar-refractivity contribution < 1.29 is 13.9 Å². The number of hydrazine groups is 1. The molecule has 2 aromatic carbocycles. The Morgan fingerprint density at radius 2 is 1.70 bits per heavy atom. The highest BCUT2D eigenvalue weighted by molar-refractivity contribution is 5.82. The van der Waals surface area contributed by atoms with Gasteiger partial charge in [-0.1, -0.05) is 30.3 Å². The highest BCUT2D eigenvalue weighted by Crippen LogP contribution is 2.25. The van der Waals surface area contributed by atoms with Crippen molar-refractivity contribution >= 4 is 5.91 Å². The molecule has 2 N–H and O–H groups in total. The second-order valence-corrected chi connectivity index (χ2v) is 7.14. The summed E-state index contributed by atoms with van der Waals surface area (Å²) < 4.78 is 19.1. The molecule has 6 heteroatoms. The van der Waals surface area contributed by atoms with Crippen LogP contribution in [0.3, 0.4) is 0 Å². The van der Waals surface area contributed by atoms with Crippen LogP contribution in [0, 0.1) is 5.82 Å². The molecule has 0 spiro atoms. The molecule has 0 radical (unpaired) electrons. The first-order valence-electron chi connectivity index (χ1n) is 9.46. The fourth-order valence-corrected chi connectivity index (χ4v) is 3.74. The van der Waals surface area contributed by atoms with Crippen LogP contribution >= 0.6 is 0 Å². The predicted molar refractivity (Wildman–Crippen MR) is 100 cm³/mol. The number of hydrogen-bond donors (Lipinski definition) is 2. The fourth-order valence-electron chi connectivity index (χ4n) is 3.74. The van der Waals surface area contributed by atoms with Crippen LogP contribution in [0.2, 0.25) is 0 Å². The lowest BCUT2D eigenvalue weighted by atomic mass is 10.0. The summed E-state index contributed by atoms with van der Waals surface area (Å²) in [6, 6.07) is 16.0. The first kappa shape index (κ1) is 17.9. The van der Waals surface area contributed by atoms with Gasteiger partial charge in [0.05, 0.1) is 0 Å². The summed E-state index contributed by atoms with van der Waals surface area (Å²) in [6.45, 7) is 1.41. The Bertz CT molecular complexity index is 761. The van der Waals surface area contributed by atoms with E-state index in [4.69, 9.17) is 4.74 Å². The molecule has 4 rings (SSSR count). The van der Waals surface area contributed by atoms with Crippen molar-refractivity contribution in [1.29, 1.82) is 0 Å². The summed E-state index contributed by atoms with van der Waals surface area (Å²) in [6.07, 6.45) is 2.48. The number of piperidine rings is 1. The van der Waals surface area contributed by atoms with Gasteiger partial charge in [-0.05, 0) is 36.2 Å². The van der Waals surface area contributed by atoms with Gasteiger partial charge < -0.3 is 9.64 Å². The SMILES string of the molecule is O=C(C1CC(c2ccc(F)cc2)NN1)N1CCC(Oc2ccccc2)CC1. The third kappa shape index (κ3) is 4.28. The normalized spacial score (nSPS) is 23.4. The van der Waals surface area contributed by atoms with Gasteiger partial charge in [-0.2, -0.15) is 0 Å². The lowest BCUT2D eigenvalue weighted by molar-refractivity contribution is -0.135. The fraction of sp³-hybridized carbons (Fsp3) is 0.381. The smallest absolute Gasteiger partial charge is 0.241 e. The number of benzene rings is 2. The number of rotatable bonds is 4. The highest BCUT2D eigenvalue weighted by atomic mass is 19.1. The molecule has 27 heavy (non-hydrogen) atoms. The molecule has 2 atom stereocenters. The molecule has 2 aromatic rings. The molecule has 0 aromatic heterocycles. The Balaban J connectivity index is 1.28. The Morgan fingerprint density at radius 1 is 1.00 bits per heavy atom. The minimum absolute atomic E-state index is 0.0125. The molecule has 2 saturated heterocycles. The molecule has 5 nitrogen and oxygen atoms in total. The number of likely N-dealkylation sites (tertiary alicyclic amines) is 1. The van der Waals surface area contributed by atoms with E-state index in [1.54, 1.807) is 12.1 Å². The van der Waals surface area contributed by atoms with Gasteiger partial charge in [-0.3, -0.25) is 4.79 Å². The molecule has 0 saturated carbocycles. The number of hydrogen-bond acceptors (Lipinski definition) is 4. The van der Waals surface area contributed by atoms with Gasteiger partial charge in [0, 0.05) is 32.0 Å². The largest absolute Gasteiger partial charge is 0.490 e. The predicted octanol–water partition coefficient (Wildman–Crippen LogP) is 2.80. The topological polar surface area (TPSA) is 53.6 Å². The molecule has 2 aliphatic rings. The summed E-state index contributed by atoms with van der Waals surface area (Å²) in [5, 5.41) is 0. The van der Waals surface area contributed by atoms with Crippen molar-refractivity contribution in [3.63, 3.8) is 0 Å². The van der Waals surface area contributed by atoms with Crippen LogP contribution in [0.25, 0.3) is 0 Å². The number of halogens is 1. The van der Waals surface area contributed by atoms with Gasteiger partial charge in [0.1, 0.15) is 23.7 Å². The van der Waals surface area contributed by atoms with Crippen LogP contribution in [0.1, 0.15) is 30.9 Å². The number of nitrogens with zero attached hydrogens (tertiary/aromatic N) is 1. The van der Waals surface area contributed by atoms with E-state index in [9.17, 15) is 9.18 Å². The zero-order valence-electron chi connectivity index (χ0n) is 15.1. The molecule has 0 aliphatic carbocycles. The van der Waals surface area contributed by atoms with Gasteiger partial charge in [-0.25, -0.2) is 15.2 Å². The Morgan fingerprint density at radius 3 is 2.41 bits per heavy atom. The molecule has 142 valence electrons. The Kier molecular flexibility index (Phi) is 5.36. The maximum Gasteiger partial charge on any atom is 0.241 e. The summed E-state index contributed by atoms with van der Waals surface area (Å²) >= 11 is 0. The number of nitrogens with one attached hydrogen (secondary N) is 2. The zero-order chi connectivity index (χ0) is 18.6. The first-order valence-corrected chi connectivity index (χ1v) is 9.46. The maximum absolute atomic E-state index is 13.1. The van der Waals surface area contributed by atoms with Crippen molar-refractivity contribution in [2.24, 2.45) is 0 Å². The summed E-state index contributed by atoms with van der Waals surface area (Å²) in [7, 11) is 0. The number of ether oxygens (including phenoxy) is 1. The van der Waals surface area contributed by atoms with Gasteiger partial charge in [0.2, 0.25) is 5.91 Å². The molecule has 2 unspecified atom stereocenters. The Hall–Kier alpha value is -2.44. The lowest BCUT2D eigenvalue weighted by Crippen LogP contribution is -2.49. The van der Waals surface area contributed by atoms with E-state index >= 15 is 0 Å². The molecular weight excluding hydrogens is 345 g/mol. The molecule has 2 fully saturated rings. The quantitative estimate of drug-likeness (QED) is 0.870. The van der Waals surface area contributed by atoms with Gasteiger partial charge in [-0.15, -0.1) is 0 Å². The zero-order valence-corrected chi connectivity index (χ0v) is 15.1. The number of carbonyl (C=O) groups is 1. The summed E-state index contributed by atoms with van der Waals surface area (Å²) in [4.78, 5) is 14.7. The average molecular weight is 369 g/mol. The van der Waals surface area contributed by atoms with E-state index < -0.39 is 0 Å². The van der Waals surface area contributed by atoms with E-state index in [0.29, 0.717) is 19.5 Å². The number of amides is 1. The highest BCUT2D eigenvalue weighted by Gasteiger charge is 2.34. The molecule has 2 heterocycles. The van der Waals surface area contributed by atoms with Crippen molar-refractivity contribution in [3.8, 4) is 5.75 Å². The minimum Gasteiger partial charge on any atom is -0.490 e. The van der Waals surface area contributed by atoms with E-state index in [-0.39, 0.29) is 29.9 Å². The van der Waals surface area contributed by atoms with Crippen LogP contribution in [-0.2, 0) is 4.79 Å². The third-order valence-electron chi connectivity index (χ3n) is 5.27. The van der Waals surface area contributed by atoms with Gasteiger partial charge in [0.25, 0.3) is 0 Å². The van der Waals surface area contributed by atoms with Crippen molar-refractivity contribution in [3.05, 3.63) is 66.0 Å². The standard InChI is InChI=1S/C21H24FN3O2/c22-16-8-6-15(7-9-16)19-14-20(24-23-19)21(26)25-12-10-18(11-13-25)27-17-4-2-1-3-5-17/h1-9,18-20,23-24H,10-14H2. The van der Waals surface area contributed by atoms with Crippen molar-refractivity contribution in [2.75, 3.05) is 13.1 Å². The molecular formula is C21H24FN3O2. The summed E-state index contributed by atoms with van der Waals surface area (Å²) in [5.74, 6) is 0.745. The van der Waals surface area contributed by atoms with Crippen LogP contribution in [-0.4, -0.2) is 36.0 Å². The van der Waals surface area contributed by atoms with Gasteiger partial charge >= 0.3 is 0 Å². The maximum atomic E-state index is 13.1. The summed E-state index contributed by atoms with van der Waals surface area (Å²) in [5.41, 5.74) is 7.24. The van der Waals surface area contributed by atoms with Crippen LogP contribution in [0.4, 0.5) is 4.39 Å². The van der Waals surface area contributed by atoms with E-state index in [0.717, 1.165) is 24.2 Å². The lowest BCUT2D eigenvalue weighted by Gasteiger charge is -2.33. The van der Waals surface area contributed by atoms with Crippen LogP contribution < -0.4 is 15.6 Å². The minimum atomic E-state index is -0.258. The first-order chi connectivity index (χ1) is 13.2. The monoisotopic (exact) mass is 369 g/mol. The number of para-hydroxylation sites is 1. The molecule has 2 aliphatic heterocycles. The third-order valence-corrected chi connectivity index (χ3v) is 5.27.